The van der Waals surface area contributed by atoms with E-state index in [4.69, 9.17) is 4.42 Å². The number of hydrogen-bond donors (Lipinski definition) is 0. The normalized spacial score (nSPS) is 11.3. The monoisotopic (exact) mass is 783 g/mol. The molecule has 0 fully saturated rings. The van der Waals surface area contributed by atoms with Crippen LogP contribution in [0, 0.1) is 23.9 Å². The molecule has 3 nitrogen and oxygen atoms in total. The molecule has 0 unspecified atom stereocenters. The summed E-state index contributed by atoms with van der Waals surface area (Å²) in [6.45, 7) is 4.39. The third kappa shape index (κ3) is 7.40. The van der Waals surface area contributed by atoms with Gasteiger partial charge in [-0.2, -0.15) is 0 Å². The summed E-state index contributed by atoms with van der Waals surface area (Å²) in [5, 5.41) is 1.86. The zero-order valence-corrected chi connectivity index (χ0v) is 28.5. The van der Waals surface area contributed by atoms with E-state index in [-0.39, 0.29) is 25.9 Å². The van der Waals surface area contributed by atoms with E-state index >= 15 is 0 Å². The van der Waals surface area contributed by atoms with Crippen LogP contribution >= 0.6 is 0 Å². The van der Waals surface area contributed by atoms with Crippen molar-refractivity contribution in [3.05, 3.63) is 115 Å². The minimum Gasteiger partial charge on any atom is 0 e. The Labute approximate surface area is 258 Å². The molecule has 0 aliphatic carbocycles. The smallest absolute Gasteiger partial charge is 0 e. The number of fused-ring (bicyclic) bond motifs is 3. The molecule has 0 saturated carbocycles. The van der Waals surface area contributed by atoms with Gasteiger partial charge in [0.25, 0.3) is 0 Å². The van der Waals surface area contributed by atoms with Gasteiger partial charge in [-0.15, -0.1) is 18.2 Å². The van der Waals surface area contributed by atoms with Gasteiger partial charge in [-0.1, -0.05) is 36.4 Å². The van der Waals surface area contributed by atoms with E-state index in [1.165, 1.54) is 22.1 Å². The van der Waals surface area contributed by atoms with E-state index in [0.29, 0.717) is 17.1 Å². The maximum atomic E-state index is 13.5. The van der Waals surface area contributed by atoms with Gasteiger partial charge in [0.15, 0.2) is 0 Å². The maximum Gasteiger partial charge on any atom is 0 e. The van der Waals surface area contributed by atoms with Gasteiger partial charge in [-0.3, -0.25) is 0 Å². The molecule has 0 saturated heterocycles. The Morgan fingerprint density at radius 2 is 1.68 bits per heavy atom. The van der Waals surface area contributed by atoms with Gasteiger partial charge >= 0.3 is 99.8 Å². The van der Waals surface area contributed by atoms with Gasteiger partial charge in [0, 0.05) is 37.8 Å². The molecular formula is C35H33FGeIrN2O-2. The van der Waals surface area contributed by atoms with Crippen LogP contribution in [0.15, 0.2) is 95.7 Å². The fourth-order valence-corrected chi connectivity index (χ4v) is 6.84. The molecule has 0 atom stereocenters. The number of benzene rings is 3. The summed E-state index contributed by atoms with van der Waals surface area (Å²) in [7, 11) is 0. The van der Waals surface area contributed by atoms with E-state index in [0.717, 1.165) is 39.7 Å². The molecule has 0 aliphatic rings. The molecule has 3 aromatic heterocycles. The Hall–Kier alpha value is -3.12. The average molecular weight is 781 g/mol. The van der Waals surface area contributed by atoms with E-state index in [1.807, 2.05) is 54.9 Å². The number of aromatic nitrogens is 2. The maximum absolute atomic E-state index is 13.5. The van der Waals surface area contributed by atoms with Gasteiger partial charge in [0.2, 0.25) is 0 Å². The van der Waals surface area contributed by atoms with E-state index in [1.54, 1.807) is 6.07 Å². The number of hydrogen-bond acceptors (Lipinski definition) is 3. The average Bonchev–Trinajstić information content (AvgIpc) is 3.31. The van der Waals surface area contributed by atoms with Crippen molar-refractivity contribution in [1.82, 2.24) is 9.97 Å². The summed E-state index contributed by atoms with van der Waals surface area (Å²) in [4.78, 5) is 9.02. The van der Waals surface area contributed by atoms with Crippen LogP contribution in [0.3, 0.4) is 0 Å². The van der Waals surface area contributed by atoms with E-state index in [2.05, 4.69) is 71.4 Å². The first-order valence-corrected chi connectivity index (χ1v) is 20.9. The fourth-order valence-electron chi connectivity index (χ4n) is 4.66. The molecule has 6 heteroatoms. The fraction of sp³-hybridized carbons (Fsp3) is 0.200. The zero-order chi connectivity index (χ0) is 28.3. The molecule has 6 rings (SSSR count). The summed E-state index contributed by atoms with van der Waals surface area (Å²) in [5.74, 6) is 7.42. The van der Waals surface area contributed by atoms with Gasteiger partial charge in [-0.05, 0) is 36.2 Å². The summed E-state index contributed by atoms with van der Waals surface area (Å²) in [5.41, 5.74) is 6.21. The van der Waals surface area contributed by atoms with Crippen LogP contribution in [-0.2, 0) is 26.5 Å². The predicted octanol–water partition coefficient (Wildman–Crippen LogP) is 8.88. The molecular weight excluding hydrogens is 748 g/mol. The molecule has 6 aromatic rings. The molecule has 3 heterocycles. The molecule has 0 amide bonds. The largest absolute Gasteiger partial charge is 0 e. The van der Waals surface area contributed by atoms with Crippen molar-refractivity contribution in [3.8, 4) is 22.5 Å². The van der Waals surface area contributed by atoms with Crippen LogP contribution in [0.1, 0.15) is 19.4 Å². The van der Waals surface area contributed by atoms with Crippen LogP contribution in [0.2, 0.25) is 17.3 Å². The molecule has 211 valence electrons. The Morgan fingerprint density at radius 1 is 0.854 bits per heavy atom. The zero-order valence-electron chi connectivity index (χ0n) is 24.0. The minimum absolute atomic E-state index is 0. The third-order valence-corrected chi connectivity index (χ3v) is 11.0. The number of furan rings is 1. The second-order valence-electron chi connectivity index (χ2n) is 11.4. The molecule has 0 bridgehead atoms. The van der Waals surface area contributed by atoms with Crippen LogP contribution in [-0.4, -0.2) is 23.2 Å². The summed E-state index contributed by atoms with van der Waals surface area (Å²) < 4.78 is 20.9. The van der Waals surface area contributed by atoms with Crippen molar-refractivity contribution in [1.29, 1.82) is 0 Å². The Morgan fingerprint density at radius 3 is 2.37 bits per heavy atom. The molecule has 0 aliphatic heterocycles. The number of rotatable bonds is 5. The van der Waals surface area contributed by atoms with Gasteiger partial charge < -0.3 is 9.40 Å². The van der Waals surface area contributed by atoms with Crippen LogP contribution in [0.4, 0.5) is 4.39 Å². The summed E-state index contributed by atoms with van der Waals surface area (Å²) in [6.07, 6.45) is 4.86. The third-order valence-electron chi connectivity index (χ3n) is 6.73. The van der Waals surface area contributed by atoms with Crippen LogP contribution in [0.25, 0.3) is 44.5 Å². The minimum atomic E-state index is -1.72. The SMILES string of the molecule is CC(C)Cc1ccnc(-c2[c-]ccc3c2oc2cc(F)ccc23)c1.[CH3][Ge]([CH3])([CH3])[c]1ccc(-c2[c-]cccc2)nc1.[Ir]. The molecule has 3 aromatic carbocycles. The van der Waals surface area contributed by atoms with E-state index in [9.17, 15) is 4.39 Å². The van der Waals surface area contributed by atoms with Crippen molar-refractivity contribution in [2.75, 3.05) is 0 Å². The first-order chi connectivity index (χ1) is 19.2. The standard InChI is InChI=1S/C21H17FNO.C14H16GeN.Ir/c1-13(2)10-14-8-9-23-19(11-14)18-5-3-4-17-16-7-6-15(22)12-20(16)24-21(17)18;1-15(2,3)13-9-10-14(16-11-13)12-7-5-4-6-8-12;/h3-4,6-9,11-13H,10H2,1-2H3;4-7,9-11H,1-3H3;/q2*-1;. The van der Waals surface area contributed by atoms with Crippen molar-refractivity contribution < 1.29 is 28.9 Å². The Kier molecular flexibility index (Phi) is 9.96. The Balaban J connectivity index is 0.000000200. The van der Waals surface area contributed by atoms with Crippen molar-refractivity contribution in [2.24, 2.45) is 5.92 Å². The second kappa shape index (κ2) is 13.2. The van der Waals surface area contributed by atoms with Gasteiger partial charge in [0.1, 0.15) is 11.4 Å². The number of nitrogens with zero attached hydrogens (tertiary/aromatic N) is 2. The van der Waals surface area contributed by atoms with Gasteiger partial charge in [-0.25, -0.2) is 4.39 Å². The topological polar surface area (TPSA) is 38.9 Å². The molecule has 0 spiro atoms. The number of halogens is 1. The van der Waals surface area contributed by atoms with E-state index < -0.39 is 13.3 Å². The molecule has 41 heavy (non-hydrogen) atoms. The van der Waals surface area contributed by atoms with Crippen LogP contribution < -0.4 is 4.40 Å². The van der Waals surface area contributed by atoms with Crippen molar-refractivity contribution in [2.45, 2.75) is 37.5 Å². The first-order valence-electron chi connectivity index (χ1n) is 13.6. The second-order valence-corrected chi connectivity index (χ2v) is 22.1. The molecule has 0 N–H and O–H groups in total. The van der Waals surface area contributed by atoms with Crippen LogP contribution in [0.5, 0.6) is 0 Å². The van der Waals surface area contributed by atoms with Crippen molar-refractivity contribution >= 4 is 39.6 Å². The number of pyridine rings is 2. The quantitative estimate of drug-likeness (QED) is 0.130. The van der Waals surface area contributed by atoms with Gasteiger partial charge in [0.05, 0.1) is 5.58 Å². The molecule has 1 radical (unpaired) electrons. The first kappa shape index (κ1) is 30.8. The predicted molar refractivity (Wildman–Crippen MR) is 166 cm³/mol. The summed E-state index contributed by atoms with van der Waals surface area (Å²) >= 11 is -1.72. The summed E-state index contributed by atoms with van der Waals surface area (Å²) in [6, 6.07) is 31.3. The van der Waals surface area contributed by atoms with Crippen molar-refractivity contribution in [3.63, 3.8) is 0 Å². The Bertz CT molecular complexity index is 1740.